The molecule has 0 aliphatic carbocycles. The molecule has 0 fully saturated rings. The molecule has 4 heterocycles. The minimum absolute atomic E-state index is 0.232. The molecule has 0 bridgehead atoms. The quantitative estimate of drug-likeness (QED) is 0.317. The highest BCUT2D eigenvalue weighted by molar-refractivity contribution is 6.33. The van der Waals surface area contributed by atoms with Crippen LogP contribution >= 0.6 is 11.6 Å². The van der Waals surface area contributed by atoms with E-state index < -0.39 is 6.04 Å². The molecule has 1 aliphatic rings. The second-order valence-corrected chi connectivity index (χ2v) is 10.4. The van der Waals surface area contributed by atoms with Crippen molar-refractivity contribution in [1.82, 2.24) is 35.1 Å². The number of carbonyl (C=O) groups excluding carboxylic acids is 2. The Bertz CT molecular complexity index is 1630. The molecule has 41 heavy (non-hydrogen) atoms. The molecule has 2 amide bonds. The van der Waals surface area contributed by atoms with Crippen molar-refractivity contribution in [1.29, 1.82) is 0 Å². The van der Waals surface area contributed by atoms with E-state index in [1.54, 1.807) is 37.1 Å². The van der Waals surface area contributed by atoms with Crippen molar-refractivity contribution in [2.45, 2.75) is 39.4 Å². The number of carbonyl (C=O) groups is 2. The van der Waals surface area contributed by atoms with Crippen LogP contribution in [0.2, 0.25) is 5.02 Å². The maximum absolute atomic E-state index is 13.5. The number of aryl methyl sites for hydroxylation is 1. The van der Waals surface area contributed by atoms with Gasteiger partial charge in [-0.2, -0.15) is 0 Å². The first-order valence-corrected chi connectivity index (χ1v) is 13.5. The molecule has 2 atom stereocenters. The van der Waals surface area contributed by atoms with Gasteiger partial charge in [0, 0.05) is 38.0 Å². The summed E-state index contributed by atoms with van der Waals surface area (Å²) in [6, 6.07) is 11.9. The fourth-order valence-corrected chi connectivity index (χ4v) is 4.73. The number of aromatic nitrogens is 5. The summed E-state index contributed by atoms with van der Waals surface area (Å²) in [5.41, 5.74) is 3.20. The summed E-state index contributed by atoms with van der Waals surface area (Å²) in [5, 5.41) is 6.39. The normalized spacial score (nSPS) is 13.9. The zero-order valence-electron chi connectivity index (χ0n) is 23.4. The Kier molecular flexibility index (Phi) is 7.80. The molecule has 3 aromatic heterocycles. The number of nitrogens with one attached hydrogen (secondary N) is 2. The first-order valence-electron chi connectivity index (χ1n) is 13.1. The first kappa shape index (κ1) is 27.9. The van der Waals surface area contributed by atoms with E-state index in [0.717, 1.165) is 17.1 Å². The summed E-state index contributed by atoms with van der Waals surface area (Å²) in [4.78, 5) is 51.9. The van der Waals surface area contributed by atoms with Crippen LogP contribution in [0.1, 0.15) is 47.3 Å². The number of nitrogens with zero attached hydrogens (tertiary/aromatic N) is 7. The minimum Gasteiger partial charge on any atom is -0.363 e. The van der Waals surface area contributed by atoms with E-state index in [-0.39, 0.29) is 17.9 Å². The van der Waals surface area contributed by atoms with Gasteiger partial charge in [-0.1, -0.05) is 29.8 Å². The van der Waals surface area contributed by atoms with Crippen LogP contribution in [0.15, 0.2) is 54.9 Å². The number of halogens is 1. The van der Waals surface area contributed by atoms with Crippen LogP contribution in [-0.4, -0.2) is 61.8 Å². The van der Waals surface area contributed by atoms with Crippen LogP contribution in [0.4, 0.5) is 17.6 Å². The van der Waals surface area contributed by atoms with Crippen LogP contribution in [0, 0.1) is 6.92 Å². The van der Waals surface area contributed by atoms with Gasteiger partial charge in [0.1, 0.15) is 23.5 Å². The van der Waals surface area contributed by atoms with Gasteiger partial charge in [0.05, 0.1) is 28.6 Å². The molecule has 12 heteroatoms. The van der Waals surface area contributed by atoms with Crippen molar-refractivity contribution >= 4 is 41.0 Å². The zero-order valence-corrected chi connectivity index (χ0v) is 24.1. The van der Waals surface area contributed by atoms with Crippen molar-refractivity contribution < 1.29 is 9.59 Å². The predicted molar refractivity (Wildman–Crippen MR) is 157 cm³/mol. The van der Waals surface area contributed by atoms with Crippen LogP contribution in [-0.2, 0) is 11.3 Å². The number of hydrogen-bond acceptors (Lipinski definition) is 9. The third kappa shape index (κ3) is 5.94. The predicted octanol–water partition coefficient (Wildman–Crippen LogP) is 4.32. The average molecular weight is 572 g/mol. The average Bonchev–Trinajstić information content (AvgIpc) is 3.29. The van der Waals surface area contributed by atoms with Gasteiger partial charge in [0.2, 0.25) is 11.9 Å². The molecule has 5 rings (SSSR count). The van der Waals surface area contributed by atoms with E-state index in [2.05, 4.69) is 35.6 Å². The van der Waals surface area contributed by atoms with Gasteiger partial charge < -0.3 is 20.4 Å². The van der Waals surface area contributed by atoms with E-state index in [0.29, 0.717) is 46.0 Å². The summed E-state index contributed by atoms with van der Waals surface area (Å²) in [6.45, 7) is 5.71. The molecule has 1 aromatic carbocycles. The molecule has 0 radical (unpaired) electrons. The van der Waals surface area contributed by atoms with Crippen LogP contribution in [0.3, 0.4) is 0 Å². The summed E-state index contributed by atoms with van der Waals surface area (Å²) in [6.07, 6.45) is 3.14. The number of anilines is 3. The summed E-state index contributed by atoms with van der Waals surface area (Å²) < 4.78 is 0. The summed E-state index contributed by atoms with van der Waals surface area (Å²) >= 11 is 6.46. The lowest BCUT2D eigenvalue weighted by molar-refractivity contribution is -0.125. The second-order valence-electron chi connectivity index (χ2n) is 10.0. The lowest BCUT2D eigenvalue weighted by Crippen LogP contribution is -2.46. The molecular weight excluding hydrogens is 542 g/mol. The van der Waals surface area contributed by atoms with Crippen LogP contribution in [0.5, 0.6) is 0 Å². The van der Waals surface area contributed by atoms with Gasteiger partial charge >= 0.3 is 0 Å². The number of pyridine rings is 1. The van der Waals surface area contributed by atoms with Crippen molar-refractivity contribution in [2.24, 2.45) is 0 Å². The second kappa shape index (κ2) is 11.5. The Balaban J connectivity index is 1.31. The highest BCUT2D eigenvalue weighted by Gasteiger charge is 2.34. The topological polar surface area (TPSA) is 129 Å². The molecule has 0 saturated carbocycles. The van der Waals surface area contributed by atoms with Crippen LogP contribution < -0.4 is 15.5 Å². The van der Waals surface area contributed by atoms with Crippen molar-refractivity contribution in [3.05, 3.63) is 82.5 Å². The highest BCUT2D eigenvalue weighted by atomic mass is 35.5. The highest BCUT2D eigenvalue weighted by Crippen LogP contribution is 2.32. The maximum atomic E-state index is 13.5. The van der Waals surface area contributed by atoms with E-state index in [9.17, 15) is 9.59 Å². The molecule has 1 aliphatic heterocycles. The molecule has 2 N–H and O–H groups in total. The molecule has 4 aromatic rings. The van der Waals surface area contributed by atoms with Gasteiger partial charge in [-0.15, -0.1) is 0 Å². The molecule has 210 valence electrons. The Morgan fingerprint density at radius 3 is 2.63 bits per heavy atom. The van der Waals surface area contributed by atoms with E-state index in [1.807, 2.05) is 56.3 Å². The molecule has 11 nitrogen and oxygen atoms in total. The summed E-state index contributed by atoms with van der Waals surface area (Å²) in [5.74, 6) is 1.77. The summed E-state index contributed by atoms with van der Waals surface area (Å²) in [7, 11) is 3.82. The standard InChI is InChI=1S/C29H30ClN9O2/c1-16(23-7-6-8-25(35-23)38(4)5)33-27(40)17(2)39-15-20-10-9-19(13-21(20)28(39)41)26-22(30)14-32-29(37-26)36-24-11-12-31-18(3)34-24/h6-14,16-17H,15H2,1-5H3,(H,33,40)(H,31,32,34,36,37)/t16-,17-/m1/s1. The number of rotatable bonds is 8. The first-order chi connectivity index (χ1) is 19.6. The van der Waals surface area contributed by atoms with E-state index in [1.165, 1.54) is 6.20 Å². The smallest absolute Gasteiger partial charge is 0.255 e. The lowest BCUT2D eigenvalue weighted by atomic mass is 10.0. The fraction of sp³-hybridized carbons (Fsp3) is 0.276. The SMILES string of the molecule is Cc1nccc(Nc2ncc(Cl)c(-c3ccc4c(c3)C(=O)N([C@H](C)C(=O)N[C@H](C)c3cccc(N(C)C)n3)C4)n2)n1. The Morgan fingerprint density at radius 2 is 1.88 bits per heavy atom. The van der Waals surface area contributed by atoms with Gasteiger partial charge in [-0.3, -0.25) is 9.59 Å². The number of amides is 2. The van der Waals surface area contributed by atoms with Crippen molar-refractivity contribution in [3.63, 3.8) is 0 Å². The third-order valence-corrected chi connectivity index (χ3v) is 7.12. The molecule has 0 saturated heterocycles. The molecular formula is C29H30ClN9O2. The van der Waals surface area contributed by atoms with E-state index in [4.69, 9.17) is 11.6 Å². The van der Waals surface area contributed by atoms with Crippen molar-refractivity contribution in [2.75, 3.05) is 24.3 Å². The van der Waals surface area contributed by atoms with E-state index >= 15 is 0 Å². The van der Waals surface area contributed by atoms with Crippen LogP contribution in [0.25, 0.3) is 11.3 Å². The number of benzene rings is 1. The van der Waals surface area contributed by atoms with Gasteiger partial charge in [-0.05, 0) is 50.6 Å². The fourth-order valence-electron chi connectivity index (χ4n) is 4.53. The van der Waals surface area contributed by atoms with Crippen molar-refractivity contribution in [3.8, 4) is 11.3 Å². The lowest BCUT2D eigenvalue weighted by Gasteiger charge is -2.25. The Labute approximate surface area is 243 Å². The minimum atomic E-state index is -0.687. The third-order valence-electron chi connectivity index (χ3n) is 6.84. The molecule has 0 spiro atoms. The number of fused-ring (bicyclic) bond motifs is 1. The Morgan fingerprint density at radius 1 is 1.07 bits per heavy atom. The molecule has 0 unspecified atom stereocenters. The zero-order chi connectivity index (χ0) is 29.3. The van der Waals surface area contributed by atoms with Gasteiger partial charge in [0.25, 0.3) is 5.91 Å². The van der Waals surface area contributed by atoms with Gasteiger partial charge in [0.15, 0.2) is 0 Å². The maximum Gasteiger partial charge on any atom is 0.255 e. The monoisotopic (exact) mass is 571 g/mol. The largest absolute Gasteiger partial charge is 0.363 e. The van der Waals surface area contributed by atoms with Gasteiger partial charge in [-0.25, -0.2) is 24.9 Å². The number of hydrogen-bond donors (Lipinski definition) is 2. The Hall–Kier alpha value is -4.64.